The van der Waals surface area contributed by atoms with Gasteiger partial charge in [0.05, 0.1) is 29.6 Å². The highest BCUT2D eigenvalue weighted by atomic mass is 16.5. The Hall–Kier alpha value is -4.43. The second kappa shape index (κ2) is 11.5. The molecule has 2 amide bonds. The monoisotopic (exact) mass is 498 g/mol. The summed E-state index contributed by atoms with van der Waals surface area (Å²) in [5.74, 6) is -0.743. The van der Waals surface area contributed by atoms with Crippen LogP contribution in [0, 0.1) is 0 Å². The molecular weight excluding hydrogens is 468 g/mol. The van der Waals surface area contributed by atoms with E-state index in [-0.39, 0.29) is 11.8 Å². The predicted molar refractivity (Wildman–Crippen MR) is 145 cm³/mol. The molecule has 0 fully saturated rings. The number of nitrogens with one attached hydrogen (secondary N) is 3. The first-order chi connectivity index (χ1) is 17.9. The van der Waals surface area contributed by atoms with Gasteiger partial charge in [-0.3, -0.25) is 9.59 Å². The number of methoxy groups -OCH3 is 1. The summed E-state index contributed by atoms with van der Waals surface area (Å²) in [4.78, 5) is 38.3. The van der Waals surface area contributed by atoms with Gasteiger partial charge in [-0.1, -0.05) is 48.5 Å². The Kier molecular flexibility index (Phi) is 8.00. The van der Waals surface area contributed by atoms with Crippen LogP contribution in [-0.4, -0.2) is 49.9 Å². The van der Waals surface area contributed by atoms with Gasteiger partial charge < -0.3 is 25.6 Å². The van der Waals surface area contributed by atoms with Crippen LogP contribution in [0.15, 0.2) is 72.8 Å². The Balaban J connectivity index is 1.61. The van der Waals surface area contributed by atoms with Crippen LogP contribution in [0.1, 0.15) is 34.0 Å². The average molecular weight is 499 g/mol. The van der Waals surface area contributed by atoms with E-state index in [1.165, 1.54) is 14.0 Å². The number of likely N-dealkylation sites (N-methyl/N-ethyl adjacent to an activating group) is 1. The number of anilines is 2. The summed E-state index contributed by atoms with van der Waals surface area (Å²) >= 11 is 0. The van der Waals surface area contributed by atoms with E-state index >= 15 is 0 Å². The smallest absolute Gasteiger partial charge is 0.337 e. The molecule has 0 saturated carbocycles. The summed E-state index contributed by atoms with van der Waals surface area (Å²) in [7, 11) is 3.33. The van der Waals surface area contributed by atoms with Crippen molar-refractivity contribution in [2.75, 3.05) is 37.9 Å². The molecule has 37 heavy (non-hydrogen) atoms. The summed E-state index contributed by atoms with van der Waals surface area (Å²) in [6.07, 6.45) is 0. The molecule has 0 bridgehead atoms. The third-order valence-corrected chi connectivity index (χ3v) is 6.04. The van der Waals surface area contributed by atoms with Crippen LogP contribution in [0.25, 0.3) is 11.3 Å². The molecule has 0 radical (unpaired) electrons. The van der Waals surface area contributed by atoms with E-state index in [2.05, 4.69) is 20.9 Å². The van der Waals surface area contributed by atoms with Gasteiger partial charge in [0.1, 0.15) is 0 Å². The highest BCUT2D eigenvalue weighted by Crippen LogP contribution is 2.38. The molecule has 0 atom stereocenters. The van der Waals surface area contributed by atoms with Crippen molar-refractivity contribution >= 4 is 40.4 Å². The Morgan fingerprint density at radius 1 is 0.973 bits per heavy atom. The average Bonchev–Trinajstić information content (AvgIpc) is 3.22. The maximum atomic E-state index is 13.1. The predicted octanol–water partition coefficient (Wildman–Crippen LogP) is 3.97. The van der Waals surface area contributed by atoms with Crippen LogP contribution in [0.4, 0.5) is 11.4 Å². The molecule has 3 N–H and O–H groups in total. The van der Waals surface area contributed by atoms with E-state index in [9.17, 15) is 14.4 Å². The number of carbonyl (C=O) groups excluding carboxylic acids is 3. The van der Waals surface area contributed by atoms with Gasteiger partial charge in [-0.2, -0.15) is 0 Å². The standard InChI is InChI=1S/C29H30N4O4/c1-19(34)30-15-16-33(2)18-20-9-12-23(13-10-20)31-27(21-7-5-4-6-8-21)26-24-14-11-22(29(36)37-3)17-25(24)32-28(26)35/h4-14,17,31H,15-16,18H2,1-3H3,(H,30,34)(H,32,35). The summed E-state index contributed by atoms with van der Waals surface area (Å²) in [5.41, 5.74) is 5.64. The van der Waals surface area contributed by atoms with Crippen LogP contribution >= 0.6 is 0 Å². The molecule has 1 heterocycles. The molecule has 3 aromatic rings. The largest absolute Gasteiger partial charge is 0.465 e. The molecule has 4 rings (SSSR count). The van der Waals surface area contributed by atoms with Crippen molar-refractivity contribution in [2.24, 2.45) is 0 Å². The fraction of sp³-hybridized carbons (Fsp3) is 0.207. The first-order valence-corrected chi connectivity index (χ1v) is 12.0. The molecule has 0 saturated heterocycles. The van der Waals surface area contributed by atoms with E-state index < -0.39 is 5.97 Å². The van der Waals surface area contributed by atoms with E-state index in [0.29, 0.717) is 34.6 Å². The molecule has 3 aromatic carbocycles. The molecule has 8 nitrogen and oxygen atoms in total. The number of amides is 2. The maximum absolute atomic E-state index is 13.1. The third-order valence-electron chi connectivity index (χ3n) is 6.04. The van der Waals surface area contributed by atoms with Crippen molar-refractivity contribution in [1.82, 2.24) is 10.2 Å². The van der Waals surface area contributed by atoms with Crippen molar-refractivity contribution in [3.8, 4) is 0 Å². The molecule has 0 aromatic heterocycles. The normalized spacial score (nSPS) is 13.6. The van der Waals surface area contributed by atoms with Gasteiger partial charge in [-0.05, 0) is 42.4 Å². The van der Waals surface area contributed by atoms with Gasteiger partial charge in [0.15, 0.2) is 0 Å². The van der Waals surface area contributed by atoms with Gasteiger partial charge in [0.2, 0.25) is 5.91 Å². The van der Waals surface area contributed by atoms with Crippen molar-refractivity contribution in [2.45, 2.75) is 13.5 Å². The molecule has 190 valence electrons. The summed E-state index contributed by atoms with van der Waals surface area (Å²) in [6.45, 7) is 3.60. The molecule has 0 aliphatic carbocycles. The van der Waals surface area contributed by atoms with Crippen LogP contribution in [0.2, 0.25) is 0 Å². The number of ether oxygens (including phenoxy) is 1. The topological polar surface area (TPSA) is 99.8 Å². The van der Waals surface area contributed by atoms with Crippen LogP contribution < -0.4 is 16.0 Å². The quantitative estimate of drug-likeness (QED) is 0.305. The molecule has 0 spiro atoms. The lowest BCUT2D eigenvalue weighted by molar-refractivity contribution is -0.119. The molecule has 1 aliphatic rings. The van der Waals surface area contributed by atoms with Crippen molar-refractivity contribution in [3.05, 3.63) is 95.1 Å². The zero-order valence-corrected chi connectivity index (χ0v) is 21.1. The van der Waals surface area contributed by atoms with Gasteiger partial charge in [-0.15, -0.1) is 0 Å². The van der Waals surface area contributed by atoms with Crippen LogP contribution in [-0.2, 0) is 20.9 Å². The van der Waals surface area contributed by atoms with Crippen LogP contribution in [0.5, 0.6) is 0 Å². The van der Waals surface area contributed by atoms with Crippen molar-refractivity contribution < 1.29 is 19.1 Å². The summed E-state index contributed by atoms with van der Waals surface area (Å²) in [5, 5.41) is 9.14. The highest BCUT2D eigenvalue weighted by Gasteiger charge is 2.29. The van der Waals surface area contributed by atoms with Gasteiger partial charge in [-0.25, -0.2) is 4.79 Å². The molecule has 8 heteroatoms. The molecule has 1 aliphatic heterocycles. The second-order valence-electron chi connectivity index (χ2n) is 8.86. The zero-order valence-electron chi connectivity index (χ0n) is 21.1. The number of nitrogens with zero attached hydrogens (tertiary/aromatic N) is 1. The van der Waals surface area contributed by atoms with E-state index in [0.717, 1.165) is 29.9 Å². The summed E-state index contributed by atoms with van der Waals surface area (Å²) in [6, 6.07) is 22.8. The Labute approximate surface area is 216 Å². The molecule has 0 unspecified atom stereocenters. The second-order valence-corrected chi connectivity index (χ2v) is 8.86. The van der Waals surface area contributed by atoms with Gasteiger partial charge in [0, 0.05) is 37.8 Å². The van der Waals surface area contributed by atoms with Gasteiger partial charge >= 0.3 is 5.97 Å². The first-order valence-electron chi connectivity index (χ1n) is 12.0. The number of fused-ring (bicyclic) bond motifs is 1. The lowest BCUT2D eigenvalue weighted by atomic mass is 9.99. The highest BCUT2D eigenvalue weighted by molar-refractivity contribution is 6.37. The van der Waals surface area contributed by atoms with Gasteiger partial charge in [0.25, 0.3) is 5.91 Å². The lowest BCUT2D eigenvalue weighted by Gasteiger charge is -2.18. The van der Waals surface area contributed by atoms with Crippen molar-refractivity contribution in [1.29, 1.82) is 0 Å². The Morgan fingerprint density at radius 3 is 2.38 bits per heavy atom. The zero-order chi connectivity index (χ0) is 26.4. The minimum absolute atomic E-state index is 0.0327. The fourth-order valence-corrected chi connectivity index (χ4v) is 4.20. The third kappa shape index (κ3) is 6.23. The number of hydrogen-bond acceptors (Lipinski definition) is 6. The minimum Gasteiger partial charge on any atom is -0.465 e. The Bertz CT molecular complexity index is 1330. The SMILES string of the molecule is COC(=O)c1ccc2c(c1)NC(=O)C2=C(Nc1ccc(CN(C)CCNC(C)=O)cc1)c1ccccc1. The fourth-order valence-electron chi connectivity index (χ4n) is 4.20. The summed E-state index contributed by atoms with van der Waals surface area (Å²) < 4.78 is 4.81. The molecular formula is C29H30N4O4. The van der Waals surface area contributed by atoms with Crippen molar-refractivity contribution in [3.63, 3.8) is 0 Å². The number of esters is 1. The lowest BCUT2D eigenvalue weighted by Crippen LogP contribution is -2.31. The number of carbonyl (C=O) groups is 3. The Morgan fingerprint density at radius 2 is 1.70 bits per heavy atom. The number of benzene rings is 3. The maximum Gasteiger partial charge on any atom is 0.337 e. The van der Waals surface area contributed by atoms with E-state index in [1.807, 2.05) is 61.6 Å². The number of rotatable bonds is 9. The number of hydrogen-bond donors (Lipinski definition) is 3. The minimum atomic E-state index is -0.461. The van der Waals surface area contributed by atoms with E-state index in [1.54, 1.807) is 18.2 Å². The first kappa shape index (κ1) is 25.7. The van der Waals surface area contributed by atoms with E-state index in [4.69, 9.17) is 4.74 Å². The van der Waals surface area contributed by atoms with Crippen LogP contribution in [0.3, 0.4) is 0 Å².